The largest absolute Gasteiger partial charge is 1.00 e. The van der Waals surface area contributed by atoms with E-state index in [0.29, 0.717) is 56.9 Å². The third-order valence-corrected chi connectivity index (χ3v) is 22.7. The first-order valence-electron chi connectivity index (χ1n) is 46.6. The number of Topliss-reactive ketones (excluding diaryl/α,β-unsaturated/α-hetero) is 2. The van der Waals surface area contributed by atoms with Crippen molar-refractivity contribution in [3.63, 3.8) is 0 Å². The average Bonchev–Trinajstić information content (AvgIpc) is 0.865. The van der Waals surface area contributed by atoms with Crippen LogP contribution in [0.5, 0.6) is 5.75 Å². The molecule has 0 saturated carbocycles. The van der Waals surface area contributed by atoms with Crippen LogP contribution in [0.2, 0.25) is 0 Å². The van der Waals surface area contributed by atoms with E-state index < -0.39 is 122 Å². The number of hydrogen-bond acceptors (Lipinski definition) is 19. The van der Waals surface area contributed by atoms with Crippen molar-refractivity contribution in [3.05, 3.63) is 54.1 Å². The summed E-state index contributed by atoms with van der Waals surface area (Å²) in [4.78, 5) is 129. The van der Waals surface area contributed by atoms with Crippen LogP contribution in [0.4, 0.5) is 0 Å². The Morgan fingerprint density at radius 2 is 0.694 bits per heavy atom. The maximum absolute atomic E-state index is 13.9. The molecule has 121 heavy (non-hydrogen) atoms. The molecule has 0 fully saturated rings. The Bertz CT molecular complexity index is 2770. The van der Waals surface area contributed by atoms with E-state index in [9.17, 15) is 62.4 Å². The number of hydrogen-bond donors (Lipinski definition) is 7. The van der Waals surface area contributed by atoms with Crippen molar-refractivity contribution in [2.24, 2.45) is 5.92 Å². The van der Waals surface area contributed by atoms with E-state index in [0.717, 1.165) is 154 Å². The number of ketones is 2. The molecule has 1 rings (SSSR count). The fraction of sp³-hybridized carbons (Fsp3) is 0.804. The number of aromatic hydroxyl groups is 1. The number of carbonyl (C=O) groups is 8. The number of phosphoric ester groups is 2. The van der Waals surface area contributed by atoms with Gasteiger partial charge in [0.05, 0.1) is 77.8 Å². The van der Waals surface area contributed by atoms with Crippen molar-refractivity contribution in [2.45, 2.75) is 406 Å². The monoisotopic (exact) mass is 1770 g/mol. The topological polar surface area (TPSA) is 353 Å². The van der Waals surface area contributed by atoms with Crippen LogP contribution in [-0.2, 0) is 90.9 Å². The van der Waals surface area contributed by atoms with Crippen LogP contribution in [0.15, 0.2) is 48.6 Å². The number of allylic oxidation sites excluding steroid dienone is 4. The van der Waals surface area contributed by atoms with Gasteiger partial charge in [0.2, 0.25) is 23.6 Å². The molecule has 0 radical (unpaired) electrons. The molecule has 25 nitrogen and oxygen atoms in total. The van der Waals surface area contributed by atoms with E-state index in [1.165, 1.54) is 114 Å². The first-order chi connectivity index (χ1) is 57.6. The molecular weight excluding hydrogens is 1600 g/mol. The number of ether oxygens (including phenoxy) is 4. The van der Waals surface area contributed by atoms with Crippen LogP contribution in [-0.4, -0.2) is 152 Å². The summed E-state index contributed by atoms with van der Waals surface area (Å²) in [6.45, 7) is 9.67. The van der Waals surface area contributed by atoms with E-state index in [2.05, 4.69) is 87.1 Å². The molecule has 7 N–H and O–H groups in total. The minimum Gasteiger partial charge on any atom is -1.00 e. The Hall–Kier alpha value is -3.20. The Labute approximate surface area is 777 Å². The predicted molar refractivity (Wildman–Crippen MR) is 475 cm³/mol. The second-order valence-electron chi connectivity index (χ2n) is 32.1. The van der Waals surface area contributed by atoms with E-state index in [1.807, 2.05) is 0 Å². The summed E-state index contributed by atoms with van der Waals surface area (Å²) >= 11 is 0. The molecule has 1 aromatic rings. The molecule has 0 aliphatic carbocycles. The van der Waals surface area contributed by atoms with E-state index in [-0.39, 0.29) is 150 Å². The number of carbonyl (C=O) groups excluding carboxylic acids is 8. The maximum atomic E-state index is 13.9. The van der Waals surface area contributed by atoms with Gasteiger partial charge in [0, 0.05) is 51.6 Å². The van der Waals surface area contributed by atoms with Gasteiger partial charge in [0.25, 0.3) is 0 Å². The minimum absolute atomic E-state index is 0. The van der Waals surface area contributed by atoms with Gasteiger partial charge < -0.3 is 58.0 Å². The van der Waals surface area contributed by atoms with Gasteiger partial charge in [-0.3, -0.25) is 56.5 Å². The number of unbranched alkanes of at least 4 members (excludes halogenated alkanes) is 34. The van der Waals surface area contributed by atoms with Crippen LogP contribution < -0.4 is 80.4 Å². The molecule has 6 atom stereocenters. The number of esters is 2. The number of amides is 4. The van der Waals surface area contributed by atoms with Crippen molar-refractivity contribution >= 4 is 62.8 Å². The Balaban J connectivity index is -0.0000177. The van der Waals surface area contributed by atoms with Crippen molar-refractivity contribution in [2.75, 3.05) is 65.9 Å². The summed E-state index contributed by atoms with van der Waals surface area (Å²) in [7, 11) is -9.85. The number of phenolic OH excluding ortho intramolecular Hbond substituents is 1. The van der Waals surface area contributed by atoms with Crippen molar-refractivity contribution in [1.82, 2.24) is 21.3 Å². The van der Waals surface area contributed by atoms with Crippen LogP contribution in [0.25, 0.3) is 0 Å². The quantitative estimate of drug-likeness (QED) is 0.00795. The van der Waals surface area contributed by atoms with Gasteiger partial charge in [-0.25, -0.2) is 9.13 Å². The van der Waals surface area contributed by atoms with Crippen molar-refractivity contribution < 1.29 is 161 Å². The molecular formula is C92H166N4Na2O21P2. The zero-order chi connectivity index (χ0) is 87.4. The van der Waals surface area contributed by atoms with Gasteiger partial charge in [-0.2, -0.15) is 0 Å². The Morgan fingerprint density at radius 1 is 0.380 bits per heavy atom. The zero-order valence-electron chi connectivity index (χ0n) is 78.6. The SMILES string of the molecule is CCCCCC/C=C\CCCC(=O)O[C@H](CCCCCCC)CCOCC(COP(=O)(O)OCCNC(=O)C(Cc1ccc(O)cc1)C(=O)NCCOP(=O)(O)OCC(COCC[C@@H](CCCCCCC)OC(=O)CCC/C=C\CCCCCC)NC(=O)CC(=O)CCCCCCCCCCC)NC(=O)CC(=O)CCCCCCCCCCC.[H-].[H-].[Na+].[Na+]. The summed E-state index contributed by atoms with van der Waals surface area (Å²) in [6, 6.07) is 3.69. The van der Waals surface area contributed by atoms with Gasteiger partial charge in [0.15, 0.2) is 0 Å². The van der Waals surface area contributed by atoms with Crippen LogP contribution in [0.3, 0.4) is 0 Å². The van der Waals surface area contributed by atoms with Gasteiger partial charge in [-0.05, 0) is 114 Å². The van der Waals surface area contributed by atoms with E-state index >= 15 is 0 Å². The molecule has 0 aliphatic heterocycles. The fourth-order valence-corrected chi connectivity index (χ4v) is 15.1. The molecule has 0 bridgehead atoms. The first-order valence-corrected chi connectivity index (χ1v) is 49.6. The molecule has 4 unspecified atom stereocenters. The molecule has 4 amide bonds. The van der Waals surface area contributed by atoms with Gasteiger partial charge in [-0.1, -0.05) is 271 Å². The first kappa shape index (κ1) is 120. The van der Waals surface area contributed by atoms with Crippen LogP contribution in [0, 0.1) is 5.92 Å². The maximum Gasteiger partial charge on any atom is 1.00 e. The summed E-state index contributed by atoms with van der Waals surface area (Å²) in [6.07, 6.45) is 53.6. The number of benzene rings is 1. The van der Waals surface area contributed by atoms with Crippen molar-refractivity contribution in [1.29, 1.82) is 0 Å². The molecule has 29 heteroatoms. The third-order valence-electron chi connectivity index (χ3n) is 20.7. The van der Waals surface area contributed by atoms with Crippen LogP contribution >= 0.6 is 15.6 Å². The minimum atomic E-state index is -4.93. The second kappa shape index (κ2) is 83.7. The normalized spacial score (nSPS) is 13.7. The molecule has 1 aromatic carbocycles. The molecule has 0 aliphatic rings. The standard InChI is InChI=1S/C92H164N4O21P2.2Na.2H/c1-7-13-19-25-29-33-37-43-47-53-82(98)72-87(100)95-79(74-110-67-63-84(55-49-41-23-17-11-5)116-89(102)57-51-45-39-35-31-27-21-15-9-3)76-114-118(106,107)112-69-65-93-91(104)86(71-78-59-61-81(97)62-60-78)92(105)94-66-70-113-119(108,109)115-77-80(96-88(101)73-83(99)54-48-44-38-34-30-26-20-14-8-2)75-111-68-64-85(56-50-42-24-18-12-6)117-90(103)58-52-46-40-36-32-28-22-16-10-4;;;;/h35-36,39-40,59-62,79-80,84-86,97H,7-34,37-38,41-58,63-77H2,1-6H3,(H,93,104)(H,94,105)(H,95,100)(H,96,101)(H,106,107)(H,108,109);;;;/q;2*+1;2*-1/b39-35-,40-36-;;;;/t79?,80?,84-,85-,86?;;;;/m1..../s1. The number of nitrogens with one attached hydrogen (secondary N) is 4. The van der Waals surface area contributed by atoms with Gasteiger partial charge in [0.1, 0.15) is 35.4 Å². The third kappa shape index (κ3) is 75.5. The summed E-state index contributed by atoms with van der Waals surface area (Å²) in [5.41, 5.74) is 0.465. The number of phenols is 1. The average molecular weight is 1770 g/mol. The summed E-state index contributed by atoms with van der Waals surface area (Å²) in [5.74, 6) is -5.55. The van der Waals surface area contributed by atoms with Gasteiger partial charge >= 0.3 is 86.7 Å². The number of rotatable bonds is 86. The Morgan fingerprint density at radius 3 is 1.04 bits per heavy atom. The Kier molecular flexibility index (Phi) is 82.9. The summed E-state index contributed by atoms with van der Waals surface area (Å²) < 4.78 is 72.2. The van der Waals surface area contributed by atoms with Crippen molar-refractivity contribution in [3.8, 4) is 5.75 Å². The molecule has 692 valence electrons. The molecule has 0 heterocycles. The molecule has 0 aromatic heterocycles. The summed E-state index contributed by atoms with van der Waals surface area (Å²) in [5, 5.41) is 20.5. The zero-order valence-corrected chi connectivity index (χ0v) is 82.4. The fourth-order valence-electron chi connectivity index (χ4n) is 13.6. The number of phosphoric acid groups is 2. The second-order valence-corrected chi connectivity index (χ2v) is 35.0. The predicted octanol–water partition coefficient (Wildman–Crippen LogP) is 14.8. The smallest absolute Gasteiger partial charge is 1.00 e. The van der Waals surface area contributed by atoms with Gasteiger partial charge in [-0.15, -0.1) is 0 Å². The molecule has 0 spiro atoms. The van der Waals surface area contributed by atoms with E-state index in [4.69, 9.17) is 37.0 Å². The van der Waals surface area contributed by atoms with Crippen LogP contribution in [0.1, 0.15) is 384 Å². The van der Waals surface area contributed by atoms with E-state index in [1.54, 1.807) is 0 Å². The molecule has 0 saturated heterocycles.